The molecule has 10 nitrogen and oxygen atoms in total. The van der Waals surface area contributed by atoms with E-state index in [0.717, 1.165) is 16.8 Å². The first-order chi connectivity index (χ1) is 20.9. The Morgan fingerprint density at radius 2 is 1.78 bits per heavy atom. The lowest BCUT2D eigenvalue weighted by Gasteiger charge is -2.44. The van der Waals surface area contributed by atoms with Crippen LogP contribution in [-0.4, -0.2) is 62.9 Å². The number of anilines is 2. The molecule has 0 aliphatic carbocycles. The summed E-state index contributed by atoms with van der Waals surface area (Å²) >= 11 is 0. The molecule has 45 heavy (non-hydrogen) atoms. The number of aryl methyl sites for hydroxylation is 1. The van der Waals surface area contributed by atoms with E-state index >= 15 is 4.39 Å². The molecule has 0 spiro atoms. The van der Waals surface area contributed by atoms with E-state index in [1.807, 2.05) is 0 Å². The van der Waals surface area contributed by atoms with Crippen LogP contribution in [0.1, 0.15) is 67.8 Å². The third-order valence-corrected chi connectivity index (χ3v) is 7.53. The van der Waals surface area contributed by atoms with Gasteiger partial charge in [0.05, 0.1) is 29.3 Å². The molecule has 242 valence electrons. The Balaban J connectivity index is 1.56. The van der Waals surface area contributed by atoms with Crippen LogP contribution in [0.15, 0.2) is 42.5 Å². The lowest BCUT2D eigenvalue weighted by Crippen LogP contribution is -2.52. The van der Waals surface area contributed by atoms with E-state index in [0.29, 0.717) is 5.69 Å². The van der Waals surface area contributed by atoms with E-state index < -0.39 is 58.1 Å². The number of benzene rings is 1. The number of hydrogen-bond acceptors (Lipinski definition) is 8. The van der Waals surface area contributed by atoms with Gasteiger partial charge in [0, 0.05) is 30.8 Å². The number of ether oxygens (including phenoxy) is 2. The fourth-order valence-electron chi connectivity index (χ4n) is 5.50. The summed E-state index contributed by atoms with van der Waals surface area (Å²) in [5.74, 6) is -1.73. The fourth-order valence-corrected chi connectivity index (χ4v) is 5.50. The van der Waals surface area contributed by atoms with Crippen LogP contribution in [0.5, 0.6) is 0 Å². The number of methoxy groups -OCH3 is 1. The first-order valence-corrected chi connectivity index (χ1v) is 14.2. The largest absolute Gasteiger partial charge is 0.469 e. The van der Waals surface area contributed by atoms with Gasteiger partial charge in [-0.3, -0.25) is 9.59 Å². The summed E-state index contributed by atoms with van der Waals surface area (Å²) in [5, 5.41) is 7.14. The summed E-state index contributed by atoms with van der Waals surface area (Å²) in [6.07, 6.45) is -5.60. The molecule has 3 aromatic rings. The number of aromatic nitrogens is 3. The number of amides is 1. The molecule has 1 saturated heterocycles. The Hall–Kier alpha value is -4.49. The Labute approximate surface area is 257 Å². The molecule has 1 aliphatic rings. The highest BCUT2D eigenvalue weighted by Crippen LogP contribution is 2.41. The lowest BCUT2D eigenvalue weighted by molar-refractivity contribution is -0.156. The van der Waals surface area contributed by atoms with Crippen molar-refractivity contribution in [3.05, 3.63) is 70.8 Å². The van der Waals surface area contributed by atoms with Gasteiger partial charge >= 0.3 is 18.2 Å². The number of rotatable bonds is 6. The van der Waals surface area contributed by atoms with Crippen molar-refractivity contribution in [3.8, 4) is 0 Å². The normalized spacial score (nSPS) is 18.8. The minimum Gasteiger partial charge on any atom is -0.469 e. The third-order valence-electron chi connectivity index (χ3n) is 7.53. The molecule has 1 aromatic carbocycles. The number of pyridine rings is 1. The van der Waals surface area contributed by atoms with Crippen LogP contribution in [0.25, 0.3) is 0 Å². The summed E-state index contributed by atoms with van der Waals surface area (Å²) in [6, 6.07) is 7.96. The zero-order valence-corrected chi connectivity index (χ0v) is 25.8. The van der Waals surface area contributed by atoms with Gasteiger partial charge in [-0.05, 0) is 71.7 Å². The number of carbonyl (C=O) groups excluding carboxylic acids is 3. The summed E-state index contributed by atoms with van der Waals surface area (Å²) < 4.78 is 67.5. The zero-order chi connectivity index (χ0) is 33.3. The van der Waals surface area contributed by atoms with Crippen molar-refractivity contribution in [1.29, 1.82) is 0 Å². The van der Waals surface area contributed by atoms with Gasteiger partial charge in [-0.2, -0.15) is 17.9 Å². The number of nitrogens with one attached hydrogen (secondary N) is 1. The molecule has 1 fully saturated rings. The van der Waals surface area contributed by atoms with Crippen molar-refractivity contribution in [2.75, 3.05) is 19.0 Å². The molecule has 1 aliphatic heterocycles. The van der Waals surface area contributed by atoms with Gasteiger partial charge in [0.1, 0.15) is 17.2 Å². The van der Waals surface area contributed by atoms with Crippen molar-refractivity contribution in [1.82, 2.24) is 19.7 Å². The van der Waals surface area contributed by atoms with E-state index in [2.05, 4.69) is 15.4 Å². The lowest BCUT2D eigenvalue weighted by atomic mass is 9.72. The smallest absolute Gasteiger partial charge is 0.435 e. The SMILES string of the molecule is COC(=O)C1(Cc2nc(Nc3cc(C)n(C(=O)OC(C)(C)C)n3)ccc2F)CCN(C(=O)c2ccccc2C(F)(F)F)[C@H](C)C1. The van der Waals surface area contributed by atoms with E-state index in [1.165, 1.54) is 36.3 Å². The summed E-state index contributed by atoms with van der Waals surface area (Å²) in [5.41, 5.74) is -3.17. The van der Waals surface area contributed by atoms with E-state index in [-0.39, 0.29) is 43.1 Å². The second kappa shape index (κ2) is 12.5. The quantitative estimate of drug-likeness (QED) is 0.249. The predicted molar refractivity (Wildman–Crippen MR) is 155 cm³/mol. The summed E-state index contributed by atoms with van der Waals surface area (Å²) in [6.45, 7) is 8.39. The number of hydrogen-bond donors (Lipinski definition) is 1. The standard InChI is InChI=1S/C31H35F4N5O5/c1-18-15-25(38-40(18)28(43)45-29(3,4)5)37-24-12-11-22(32)23(36-24)17-30(27(42)44-6)13-14-39(19(2)16-30)26(41)20-9-7-8-10-21(20)31(33,34)35/h7-12,15,19H,13-14,16-17H2,1-6H3,(H,36,37,38)/t19-,30?/m1/s1. The van der Waals surface area contributed by atoms with Crippen LogP contribution in [0.2, 0.25) is 0 Å². The number of carbonyl (C=O) groups is 3. The first kappa shape index (κ1) is 33.4. The van der Waals surface area contributed by atoms with Crippen LogP contribution >= 0.6 is 0 Å². The second-order valence-corrected chi connectivity index (χ2v) is 12.1. The Morgan fingerprint density at radius 1 is 1.09 bits per heavy atom. The number of alkyl halides is 3. The summed E-state index contributed by atoms with van der Waals surface area (Å²) in [7, 11) is 1.19. The maximum absolute atomic E-state index is 15.1. The molecule has 2 aromatic heterocycles. The number of esters is 1. The molecule has 4 rings (SSSR count). The molecule has 0 radical (unpaired) electrons. The van der Waals surface area contributed by atoms with Crippen LogP contribution in [0.4, 0.5) is 34.0 Å². The van der Waals surface area contributed by atoms with Crippen molar-refractivity contribution in [3.63, 3.8) is 0 Å². The molecular formula is C31H35F4N5O5. The Bertz CT molecular complexity index is 1600. The van der Waals surface area contributed by atoms with Gasteiger partial charge in [-0.25, -0.2) is 14.2 Å². The molecular weight excluding hydrogens is 598 g/mol. The first-order valence-electron chi connectivity index (χ1n) is 14.2. The molecule has 3 heterocycles. The molecule has 14 heteroatoms. The molecule has 0 bridgehead atoms. The highest BCUT2D eigenvalue weighted by molar-refractivity contribution is 5.96. The van der Waals surface area contributed by atoms with Gasteiger partial charge in [-0.15, -0.1) is 5.10 Å². The third kappa shape index (κ3) is 7.43. The molecule has 1 amide bonds. The molecule has 1 unspecified atom stereocenters. The number of piperidine rings is 1. The van der Waals surface area contributed by atoms with Gasteiger partial charge in [-0.1, -0.05) is 12.1 Å². The zero-order valence-electron chi connectivity index (χ0n) is 25.8. The fraction of sp³-hybridized carbons (Fsp3) is 0.452. The maximum Gasteiger partial charge on any atom is 0.435 e. The number of halogens is 4. The van der Waals surface area contributed by atoms with Gasteiger partial charge < -0.3 is 19.7 Å². The monoisotopic (exact) mass is 633 g/mol. The highest BCUT2D eigenvalue weighted by atomic mass is 19.4. The van der Waals surface area contributed by atoms with Crippen molar-refractivity contribution in [2.24, 2.45) is 5.41 Å². The van der Waals surface area contributed by atoms with E-state index in [4.69, 9.17) is 9.47 Å². The minimum atomic E-state index is -4.73. The predicted octanol–water partition coefficient (Wildman–Crippen LogP) is 6.30. The van der Waals surface area contributed by atoms with Crippen molar-refractivity contribution >= 4 is 29.6 Å². The average molecular weight is 634 g/mol. The Kier molecular flexibility index (Phi) is 9.27. The van der Waals surface area contributed by atoms with Gasteiger partial charge in [0.2, 0.25) is 0 Å². The van der Waals surface area contributed by atoms with Crippen molar-refractivity contribution < 1.29 is 41.4 Å². The minimum absolute atomic E-state index is 0.00212. The van der Waals surface area contributed by atoms with Gasteiger partial charge in [0.25, 0.3) is 5.91 Å². The molecule has 0 saturated carbocycles. The van der Waals surface area contributed by atoms with E-state index in [9.17, 15) is 27.6 Å². The van der Waals surface area contributed by atoms with Gasteiger partial charge in [0.15, 0.2) is 5.82 Å². The maximum atomic E-state index is 15.1. The second-order valence-electron chi connectivity index (χ2n) is 12.1. The van der Waals surface area contributed by atoms with Crippen molar-refractivity contribution in [2.45, 2.75) is 71.7 Å². The Morgan fingerprint density at radius 3 is 2.40 bits per heavy atom. The average Bonchev–Trinajstić information content (AvgIpc) is 3.32. The van der Waals surface area contributed by atoms with Crippen LogP contribution < -0.4 is 5.32 Å². The number of nitrogens with zero attached hydrogens (tertiary/aromatic N) is 4. The number of likely N-dealkylation sites (tertiary alicyclic amines) is 1. The topological polar surface area (TPSA) is 116 Å². The summed E-state index contributed by atoms with van der Waals surface area (Å²) in [4.78, 5) is 44.6. The van der Waals surface area contributed by atoms with Crippen LogP contribution in [0, 0.1) is 18.2 Å². The van der Waals surface area contributed by atoms with Crippen LogP contribution in [-0.2, 0) is 26.9 Å². The molecule has 2 atom stereocenters. The van der Waals surface area contributed by atoms with Crippen LogP contribution in [0.3, 0.4) is 0 Å². The molecule has 1 N–H and O–H groups in total. The van der Waals surface area contributed by atoms with E-state index in [1.54, 1.807) is 40.7 Å². The highest BCUT2D eigenvalue weighted by Gasteiger charge is 2.48.